The van der Waals surface area contributed by atoms with Gasteiger partial charge in [-0.15, -0.1) is 0 Å². The van der Waals surface area contributed by atoms with E-state index in [2.05, 4.69) is 62.6 Å². The lowest BCUT2D eigenvalue weighted by atomic mass is 9.71. The molecule has 1 aromatic rings. The van der Waals surface area contributed by atoms with Crippen molar-refractivity contribution in [3.05, 3.63) is 29.8 Å². The summed E-state index contributed by atoms with van der Waals surface area (Å²) in [4.78, 5) is 0. The van der Waals surface area contributed by atoms with Gasteiger partial charge in [-0.3, -0.25) is 0 Å². The Hall–Kier alpha value is -1.09. The van der Waals surface area contributed by atoms with Gasteiger partial charge in [-0.1, -0.05) is 32.9 Å². The van der Waals surface area contributed by atoms with Gasteiger partial charge in [-0.05, 0) is 73.9 Å². The molecule has 0 heterocycles. The predicted molar refractivity (Wildman–Crippen MR) is 95.7 cm³/mol. The Morgan fingerprint density at radius 3 is 2.38 bits per heavy atom. The number of rotatable bonds is 2. The van der Waals surface area contributed by atoms with Crippen LogP contribution in [0.2, 0.25) is 0 Å². The standard InChI is InChI=1S/C18H28N2S/c1-13-6-5-7-16(12-13)20-17(21)19-15-10-8-14(9-11-15)18(2,3)4/h5-7,12,14-15H,8-11H2,1-4H3,(H2,19,20,21). The molecule has 0 atom stereocenters. The first-order chi connectivity index (χ1) is 9.84. The highest BCUT2D eigenvalue weighted by atomic mass is 32.1. The zero-order valence-corrected chi connectivity index (χ0v) is 14.5. The lowest BCUT2D eigenvalue weighted by Gasteiger charge is -2.37. The van der Waals surface area contributed by atoms with E-state index in [1.807, 2.05) is 0 Å². The van der Waals surface area contributed by atoms with Crippen LogP contribution in [-0.4, -0.2) is 11.2 Å². The molecule has 0 saturated heterocycles. The number of benzene rings is 1. The summed E-state index contributed by atoms with van der Waals surface area (Å²) < 4.78 is 0. The first kappa shape index (κ1) is 16.3. The number of thiocarbonyl (C=S) groups is 1. The molecular formula is C18H28N2S. The molecule has 1 aromatic carbocycles. The van der Waals surface area contributed by atoms with Crippen molar-refractivity contribution in [1.82, 2.24) is 5.32 Å². The molecular weight excluding hydrogens is 276 g/mol. The molecule has 1 aliphatic rings. The van der Waals surface area contributed by atoms with Gasteiger partial charge >= 0.3 is 0 Å². The Labute approximate surface area is 134 Å². The second kappa shape index (κ2) is 6.78. The smallest absolute Gasteiger partial charge is 0.170 e. The second-order valence-corrected chi connectivity index (χ2v) is 7.79. The summed E-state index contributed by atoms with van der Waals surface area (Å²) in [6.45, 7) is 9.16. The molecule has 0 amide bonds. The van der Waals surface area contributed by atoms with Crippen LogP contribution in [0.4, 0.5) is 5.69 Å². The maximum Gasteiger partial charge on any atom is 0.170 e. The highest BCUT2D eigenvalue weighted by Crippen LogP contribution is 2.37. The van der Waals surface area contributed by atoms with E-state index >= 15 is 0 Å². The fourth-order valence-corrected chi connectivity index (χ4v) is 3.46. The van der Waals surface area contributed by atoms with E-state index < -0.39 is 0 Å². The molecule has 2 N–H and O–H groups in total. The van der Waals surface area contributed by atoms with Crippen molar-refractivity contribution in [3.63, 3.8) is 0 Å². The number of hydrogen-bond donors (Lipinski definition) is 2. The summed E-state index contributed by atoms with van der Waals surface area (Å²) in [7, 11) is 0. The largest absolute Gasteiger partial charge is 0.360 e. The Bertz CT molecular complexity index is 482. The van der Waals surface area contributed by atoms with Crippen LogP contribution in [-0.2, 0) is 0 Å². The van der Waals surface area contributed by atoms with E-state index in [4.69, 9.17) is 12.2 Å². The summed E-state index contributed by atoms with van der Waals surface area (Å²) in [5, 5.41) is 7.52. The monoisotopic (exact) mass is 304 g/mol. The minimum Gasteiger partial charge on any atom is -0.360 e. The van der Waals surface area contributed by atoms with Crippen molar-refractivity contribution in [2.75, 3.05) is 5.32 Å². The van der Waals surface area contributed by atoms with Gasteiger partial charge in [0.25, 0.3) is 0 Å². The van der Waals surface area contributed by atoms with Crippen molar-refractivity contribution in [2.45, 2.75) is 59.4 Å². The fourth-order valence-electron chi connectivity index (χ4n) is 3.18. The molecule has 2 rings (SSSR count). The molecule has 0 radical (unpaired) electrons. The third-order valence-corrected chi connectivity index (χ3v) is 4.78. The third kappa shape index (κ3) is 4.99. The van der Waals surface area contributed by atoms with E-state index in [-0.39, 0.29) is 0 Å². The van der Waals surface area contributed by atoms with Crippen LogP contribution in [0.1, 0.15) is 52.0 Å². The molecule has 21 heavy (non-hydrogen) atoms. The summed E-state index contributed by atoms with van der Waals surface area (Å²) in [5.74, 6) is 0.842. The summed E-state index contributed by atoms with van der Waals surface area (Å²) in [5.41, 5.74) is 2.75. The average Bonchev–Trinajstić information content (AvgIpc) is 2.38. The molecule has 0 spiro atoms. The Kier molecular flexibility index (Phi) is 5.26. The zero-order chi connectivity index (χ0) is 15.5. The molecule has 0 aromatic heterocycles. The zero-order valence-electron chi connectivity index (χ0n) is 13.7. The van der Waals surface area contributed by atoms with E-state index in [1.165, 1.54) is 31.2 Å². The van der Waals surface area contributed by atoms with Crippen LogP contribution < -0.4 is 10.6 Å². The molecule has 116 valence electrons. The van der Waals surface area contributed by atoms with E-state index in [0.29, 0.717) is 11.5 Å². The van der Waals surface area contributed by atoms with Crippen LogP contribution >= 0.6 is 12.2 Å². The van der Waals surface area contributed by atoms with E-state index in [1.54, 1.807) is 0 Å². The van der Waals surface area contributed by atoms with Crippen molar-refractivity contribution in [3.8, 4) is 0 Å². The van der Waals surface area contributed by atoms with Crippen molar-refractivity contribution in [2.24, 2.45) is 11.3 Å². The predicted octanol–water partition coefficient (Wildman–Crippen LogP) is 4.89. The van der Waals surface area contributed by atoms with E-state index in [0.717, 1.165) is 16.7 Å². The topological polar surface area (TPSA) is 24.1 Å². The minimum absolute atomic E-state index is 0.436. The fraction of sp³-hybridized carbons (Fsp3) is 0.611. The van der Waals surface area contributed by atoms with Gasteiger partial charge in [0.15, 0.2) is 5.11 Å². The average molecular weight is 305 g/mol. The maximum absolute atomic E-state index is 5.44. The van der Waals surface area contributed by atoms with Crippen LogP contribution in [0.15, 0.2) is 24.3 Å². The number of hydrogen-bond acceptors (Lipinski definition) is 1. The lowest BCUT2D eigenvalue weighted by molar-refractivity contribution is 0.166. The number of anilines is 1. The number of nitrogens with one attached hydrogen (secondary N) is 2. The molecule has 0 unspecified atom stereocenters. The van der Waals surface area contributed by atoms with Crippen LogP contribution in [0.5, 0.6) is 0 Å². The van der Waals surface area contributed by atoms with Crippen LogP contribution in [0.3, 0.4) is 0 Å². The van der Waals surface area contributed by atoms with Crippen molar-refractivity contribution >= 4 is 23.0 Å². The molecule has 1 saturated carbocycles. The second-order valence-electron chi connectivity index (χ2n) is 7.38. The van der Waals surface area contributed by atoms with Crippen molar-refractivity contribution in [1.29, 1.82) is 0 Å². The van der Waals surface area contributed by atoms with Crippen LogP contribution in [0, 0.1) is 18.3 Å². The van der Waals surface area contributed by atoms with Gasteiger partial charge in [0.05, 0.1) is 0 Å². The molecule has 0 aliphatic heterocycles. The highest BCUT2D eigenvalue weighted by molar-refractivity contribution is 7.80. The highest BCUT2D eigenvalue weighted by Gasteiger charge is 2.29. The molecule has 2 nitrogen and oxygen atoms in total. The quantitative estimate of drug-likeness (QED) is 0.761. The Balaban J connectivity index is 1.79. The van der Waals surface area contributed by atoms with Gasteiger partial charge in [-0.25, -0.2) is 0 Å². The van der Waals surface area contributed by atoms with Gasteiger partial charge < -0.3 is 10.6 Å². The van der Waals surface area contributed by atoms with Gasteiger partial charge in [0.2, 0.25) is 0 Å². The Morgan fingerprint density at radius 2 is 1.81 bits per heavy atom. The Morgan fingerprint density at radius 1 is 1.14 bits per heavy atom. The first-order valence-corrected chi connectivity index (χ1v) is 8.39. The maximum atomic E-state index is 5.44. The van der Waals surface area contributed by atoms with Gasteiger partial charge in [0.1, 0.15) is 0 Å². The summed E-state index contributed by atoms with van der Waals surface area (Å²) in [6, 6.07) is 8.83. The molecule has 0 bridgehead atoms. The molecule has 1 fully saturated rings. The van der Waals surface area contributed by atoms with Crippen molar-refractivity contribution < 1.29 is 0 Å². The molecule has 3 heteroatoms. The molecule has 1 aliphatic carbocycles. The number of aryl methyl sites for hydroxylation is 1. The SMILES string of the molecule is Cc1cccc(NC(=S)NC2CCC(C(C)(C)C)CC2)c1. The van der Waals surface area contributed by atoms with Gasteiger partial charge in [-0.2, -0.15) is 0 Å². The normalized spacial score (nSPS) is 22.7. The van der Waals surface area contributed by atoms with Crippen LogP contribution in [0.25, 0.3) is 0 Å². The minimum atomic E-state index is 0.436. The lowest BCUT2D eigenvalue weighted by Crippen LogP contribution is -2.41. The summed E-state index contributed by atoms with van der Waals surface area (Å²) >= 11 is 5.44. The third-order valence-electron chi connectivity index (χ3n) is 4.56. The van der Waals surface area contributed by atoms with Gasteiger partial charge in [0, 0.05) is 11.7 Å². The summed E-state index contributed by atoms with van der Waals surface area (Å²) in [6.07, 6.45) is 5.04. The van der Waals surface area contributed by atoms with E-state index in [9.17, 15) is 0 Å². The first-order valence-electron chi connectivity index (χ1n) is 7.99.